The highest BCUT2D eigenvalue weighted by Gasteiger charge is 2.24. The van der Waals surface area contributed by atoms with Gasteiger partial charge >= 0.3 is 0 Å². The third-order valence-electron chi connectivity index (χ3n) is 3.91. The van der Waals surface area contributed by atoms with E-state index in [1.807, 2.05) is 24.3 Å². The van der Waals surface area contributed by atoms with Gasteiger partial charge in [0.15, 0.2) is 0 Å². The Morgan fingerprint density at radius 2 is 1.87 bits per heavy atom. The number of rotatable bonds is 2. The number of allylic oxidation sites excluding steroid dienone is 1. The molecule has 2 aromatic carbocycles. The topological polar surface area (TPSA) is 55.6 Å². The van der Waals surface area contributed by atoms with Crippen LogP contribution in [0.3, 0.4) is 0 Å². The Balaban J connectivity index is 1.83. The van der Waals surface area contributed by atoms with E-state index in [2.05, 4.69) is 58.1 Å². The van der Waals surface area contributed by atoms with Gasteiger partial charge in [0, 0.05) is 16.3 Å². The van der Waals surface area contributed by atoms with Crippen molar-refractivity contribution in [3.8, 4) is 0 Å². The number of hydrogen-bond acceptors (Lipinski definition) is 4. The summed E-state index contributed by atoms with van der Waals surface area (Å²) in [4.78, 5) is 0. The largest absolute Gasteiger partial charge is 0.323 e. The van der Waals surface area contributed by atoms with Crippen molar-refractivity contribution in [2.45, 2.75) is 13.0 Å². The van der Waals surface area contributed by atoms with Gasteiger partial charge in [-0.1, -0.05) is 64.7 Å². The molecule has 1 atom stereocenters. The van der Waals surface area contributed by atoms with Gasteiger partial charge in [0.05, 0.1) is 0 Å². The van der Waals surface area contributed by atoms with E-state index in [9.17, 15) is 0 Å². The molecule has 1 aromatic heterocycles. The molecule has 23 heavy (non-hydrogen) atoms. The Morgan fingerprint density at radius 1 is 1.09 bits per heavy atom. The molecule has 1 unspecified atom stereocenters. The summed E-state index contributed by atoms with van der Waals surface area (Å²) in [6.07, 6.45) is 2.09. The molecule has 0 radical (unpaired) electrons. The maximum atomic E-state index is 6.33. The van der Waals surface area contributed by atoms with Gasteiger partial charge in [-0.15, -0.1) is 0 Å². The summed E-state index contributed by atoms with van der Waals surface area (Å²) in [5.41, 5.74) is 4.18. The van der Waals surface area contributed by atoms with E-state index in [1.165, 1.54) is 5.56 Å². The van der Waals surface area contributed by atoms with Crippen molar-refractivity contribution in [1.82, 2.24) is 20.2 Å². The summed E-state index contributed by atoms with van der Waals surface area (Å²) in [5, 5.41) is 15.9. The van der Waals surface area contributed by atoms with Crippen LogP contribution < -0.4 is 5.32 Å². The van der Waals surface area contributed by atoms with E-state index in [0.717, 1.165) is 16.8 Å². The maximum absolute atomic E-state index is 6.33. The van der Waals surface area contributed by atoms with Gasteiger partial charge in [-0.2, -0.15) is 4.68 Å². The average molecular weight is 324 g/mol. The summed E-state index contributed by atoms with van der Waals surface area (Å²) >= 11 is 6.33. The summed E-state index contributed by atoms with van der Waals surface area (Å²) in [6.45, 7) is 2.07. The van der Waals surface area contributed by atoms with Gasteiger partial charge in [0.2, 0.25) is 5.95 Å². The van der Waals surface area contributed by atoms with Gasteiger partial charge < -0.3 is 5.32 Å². The molecular formula is C17H14ClN5. The molecular weight excluding hydrogens is 310 g/mol. The number of tetrazole rings is 1. The number of anilines is 1. The maximum Gasteiger partial charge on any atom is 0.248 e. The van der Waals surface area contributed by atoms with Gasteiger partial charge in [-0.3, -0.25) is 0 Å². The standard InChI is InChI=1S/C17H14ClN5/c1-11-6-8-12(9-7-11)16-10-15(13-4-2-3-5-14(13)18)19-17-20-21-22-23(16)17/h2-10,16H,1H3,(H,19,20,22). The second-order valence-corrected chi connectivity index (χ2v) is 5.89. The highest BCUT2D eigenvalue weighted by molar-refractivity contribution is 6.32. The van der Waals surface area contributed by atoms with Crippen LogP contribution in [0.4, 0.5) is 5.95 Å². The zero-order chi connectivity index (χ0) is 15.8. The second kappa shape index (κ2) is 5.52. The number of aromatic nitrogens is 4. The fraction of sp³-hybridized carbons (Fsp3) is 0.118. The summed E-state index contributed by atoms with van der Waals surface area (Å²) in [6, 6.07) is 16.0. The molecule has 1 aliphatic rings. The van der Waals surface area contributed by atoms with Crippen molar-refractivity contribution >= 4 is 23.2 Å². The van der Waals surface area contributed by atoms with Crippen LogP contribution in [0.2, 0.25) is 5.02 Å². The quantitative estimate of drug-likeness (QED) is 0.781. The first kappa shape index (κ1) is 14.0. The van der Waals surface area contributed by atoms with Crippen LogP contribution in [0.25, 0.3) is 5.70 Å². The summed E-state index contributed by atoms with van der Waals surface area (Å²) in [5.74, 6) is 0.605. The van der Waals surface area contributed by atoms with E-state index in [-0.39, 0.29) is 6.04 Å². The van der Waals surface area contributed by atoms with Crippen LogP contribution in [-0.4, -0.2) is 20.2 Å². The minimum Gasteiger partial charge on any atom is -0.323 e. The Bertz CT molecular complexity index is 882. The minimum absolute atomic E-state index is 0.0758. The zero-order valence-electron chi connectivity index (χ0n) is 12.4. The van der Waals surface area contributed by atoms with Gasteiger partial charge in [-0.05, 0) is 35.1 Å². The van der Waals surface area contributed by atoms with E-state index in [4.69, 9.17) is 11.6 Å². The first-order chi connectivity index (χ1) is 11.2. The SMILES string of the molecule is Cc1ccc(C2C=C(c3ccccc3Cl)Nc3nnnn32)cc1. The summed E-state index contributed by atoms with van der Waals surface area (Å²) in [7, 11) is 0. The number of fused-ring (bicyclic) bond motifs is 1. The van der Waals surface area contributed by atoms with Gasteiger partial charge in [0.25, 0.3) is 0 Å². The van der Waals surface area contributed by atoms with Crippen LogP contribution in [0.15, 0.2) is 54.6 Å². The molecule has 0 saturated heterocycles. The molecule has 114 valence electrons. The van der Waals surface area contributed by atoms with Crippen molar-refractivity contribution in [2.75, 3.05) is 5.32 Å². The summed E-state index contributed by atoms with van der Waals surface area (Å²) < 4.78 is 1.77. The molecule has 4 rings (SSSR count). The predicted octanol–water partition coefficient (Wildman–Crippen LogP) is 3.69. The van der Waals surface area contributed by atoms with E-state index in [1.54, 1.807) is 4.68 Å². The Morgan fingerprint density at radius 3 is 2.65 bits per heavy atom. The molecule has 5 nitrogen and oxygen atoms in total. The van der Waals surface area contributed by atoms with Crippen molar-refractivity contribution in [3.05, 3.63) is 76.3 Å². The number of benzene rings is 2. The van der Waals surface area contributed by atoms with Gasteiger partial charge in [0.1, 0.15) is 6.04 Å². The predicted molar refractivity (Wildman–Crippen MR) is 90.2 cm³/mol. The second-order valence-electron chi connectivity index (χ2n) is 5.49. The first-order valence-electron chi connectivity index (χ1n) is 7.30. The van der Waals surface area contributed by atoms with E-state index in [0.29, 0.717) is 11.0 Å². The lowest BCUT2D eigenvalue weighted by Gasteiger charge is -2.24. The monoisotopic (exact) mass is 323 g/mol. The fourth-order valence-corrected chi connectivity index (χ4v) is 2.93. The van der Waals surface area contributed by atoms with Crippen molar-refractivity contribution in [1.29, 1.82) is 0 Å². The van der Waals surface area contributed by atoms with E-state index < -0.39 is 0 Å². The van der Waals surface area contributed by atoms with Crippen LogP contribution in [0.1, 0.15) is 22.7 Å². The molecule has 0 bridgehead atoms. The molecule has 3 aromatic rings. The van der Waals surface area contributed by atoms with Crippen LogP contribution in [0.5, 0.6) is 0 Å². The highest BCUT2D eigenvalue weighted by Crippen LogP contribution is 2.33. The molecule has 0 aliphatic carbocycles. The number of nitrogens with one attached hydrogen (secondary N) is 1. The first-order valence-corrected chi connectivity index (χ1v) is 7.68. The number of nitrogens with zero attached hydrogens (tertiary/aromatic N) is 4. The molecule has 1 N–H and O–H groups in total. The lowest BCUT2D eigenvalue weighted by atomic mass is 10.0. The third-order valence-corrected chi connectivity index (χ3v) is 4.24. The fourth-order valence-electron chi connectivity index (χ4n) is 2.69. The average Bonchev–Trinajstić information content (AvgIpc) is 3.04. The molecule has 6 heteroatoms. The molecule has 0 spiro atoms. The lowest BCUT2D eigenvalue weighted by molar-refractivity contribution is 0.586. The van der Waals surface area contributed by atoms with Gasteiger partial charge in [-0.25, -0.2) is 0 Å². The Hall–Kier alpha value is -2.66. The minimum atomic E-state index is -0.0758. The van der Waals surface area contributed by atoms with E-state index >= 15 is 0 Å². The lowest BCUT2D eigenvalue weighted by Crippen LogP contribution is -2.20. The Labute approximate surface area is 138 Å². The number of hydrogen-bond donors (Lipinski definition) is 1. The smallest absolute Gasteiger partial charge is 0.248 e. The molecule has 1 aliphatic heterocycles. The molecule has 2 heterocycles. The van der Waals surface area contributed by atoms with Crippen LogP contribution >= 0.6 is 11.6 Å². The van der Waals surface area contributed by atoms with Crippen LogP contribution in [0, 0.1) is 6.92 Å². The third kappa shape index (κ3) is 2.49. The van der Waals surface area contributed by atoms with Crippen LogP contribution in [-0.2, 0) is 0 Å². The normalized spacial score (nSPS) is 16.4. The Kier molecular flexibility index (Phi) is 3.35. The van der Waals surface area contributed by atoms with Crippen molar-refractivity contribution in [2.24, 2.45) is 0 Å². The zero-order valence-corrected chi connectivity index (χ0v) is 13.2. The molecule has 0 fully saturated rings. The molecule has 0 saturated carbocycles. The molecule has 0 amide bonds. The van der Waals surface area contributed by atoms with Crippen molar-refractivity contribution in [3.63, 3.8) is 0 Å². The number of halogens is 1. The number of aryl methyl sites for hydroxylation is 1. The highest BCUT2D eigenvalue weighted by atomic mass is 35.5. The van der Waals surface area contributed by atoms with Crippen molar-refractivity contribution < 1.29 is 0 Å².